The average molecular weight is 290 g/mol. The van der Waals surface area contributed by atoms with Crippen LogP contribution in [0.2, 0.25) is 0 Å². The van der Waals surface area contributed by atoms with Crippen LogP contribution in [-0.2, 0) is 11.3 Å². The molecule has 0 spiro atoms. The number of nitrogens with zero attached hydrogens (tertiary/aromatic N) is 2. The molecule has 1 aromatic heterocycles. The van der Waals surface area contributed by atoms with Crippen molar-refractivity contribution in [3.8, 4) is 5.75 Å². The fourth-order valence-corrected chi connectivity index (χ4v) is 2.27. The number of primary amides is 1. The zero-order chi connectivity index (χ0) is 15.2. The molecule has 0 saturated carbocycles. The average Bonchev–Trinajstić information content (AvgIpc) is 2.77. The Hall–Kier alpha value is -2.24. The summed E-state index contributed by atoms with van der Waals surface area (Å²) in [5.74, 6) is 0.960. The highest BCUT2D eigenvalue weighted by Gasteiger charge is 2.12. The molecular weight excluding hydrogens is 268 g/mol. The van der Waals surface area contributed by atoms with Crippen molar-refractivity contribution in [3.05, 3.63) is 18.2 Å². The molecule has 6 nitrogen and oxygen atoms in total. The van der Waals surface area contributed by atoms with Crippen molar-refractivity contribution < 1.29 is 9.53 Å². The van der Waals surface area contributed by atoms with Crippen LogP contribution in [0.1, 0.15) is 32.6 Å². The number of nitrogens with two attached hydrogens (primary N) is 2. The van der Waals surface area contributed by atoms with Crippen molar-refractivity contribution >= 4 is 22.9 Å². The van der Waals surface area contributed by atoms with Crippen molar-refractivity contribution in [3.63, 3.8) is 0 Å². The summed E-state index contributed by atoms with van der Waals surface area (Å²) in [5, 5.41) is 0. The Morgan fingerprint density at radius 1 is 1.38 bits per heavy atom. The summed E-state index contributed by atoms with van der Waals surface area (Å²) in [4.78, 5) is 15.2. The van der Waals surface area contributed by atoms with Crippen LogP contribution in [-0.4, -0.2) is 22.1 Å². The number of unbranched alkanes of at least 4 members (excludes halogenated alkanes) is 1. The fraction of sp³-hybridized carbons (Fsp3) is 0.467. The predicted molar refractivity (Wildman–Crippen MR) is 83.0 cm³/mol. The minimum Gasteiger partial charge on any atom is -0.491 e. The second kappa shape index (κ2) is 6.97. The Labute approximate surface area is 124 Å². The number of carbonyl (C=O) groups excluding carboxylic acids is 1. The monoisotopic (exact) mass is 290 g/mol. The predicted octanol–water partition coefficient (Wildman–Crippen LogP) is 2.06. The number of imidazole rings is 1. The molecule has 0 aliphatic carbocycles. The zero-order valence-corrected chi connectivity index (χ0v) is 12.3. The van der Waals surface area contributed by atoms with E-state index in [9.17, 15) is 4.79 Å². The molecule has 0 aliphatic heterocycles. The van der Waals surface area contributed by atoms with E-state index >= 15 is 0 Å². The second-order valence-corrected chi connectivity index (χ2v) is 5.02. The van der Waals surface area contributed by atoms with E-state index in [1.165, 1.54) is 0 Å². The summed E-state index contributed by atoms with van der Waals surface area (Å²) < 4.78 is 7.65. The highest BCUT2D eigenvalue weighted by Crippen LogP contribution is 2.27. The topological polar surface area (TPSA) is 96.2 Å². The maximum atomic E-state index is 10.7. The minimum absolute atomic E-state index is 0.270. The van der Waals surface area contributed by atoms with Crippen LogP contribution in [0, 0.1) is 0 Å². The van der Waals surface area contributed by atoms with Gasteiger partial charge in [-0.1, -0.05) is 13.0 Å². The Bertz CT molecular complexity index is 621. The molecule has 0 radical (unpaired) electrons. The smallest absolute Gasteiger partial charge is 0.217 e. The first-order valence-corrected chi connectivity index (χ1v) is 7.29. The van der Waals surface area contributed by atoms with Gasteiger partial charge in [0.05, 0.1) is 12.1 Å². The molecule has 4 N–H and O–H groups in total. The molecule has 2 rings (SSSR count). The number of aromatic nitrogens is 2. The number of hydrogen-bond donors (Lipinski definition) is 2. The third-order valence-corrected chi connectivity index (χ3v) is 3.29. The number of benzene rings is 1. The summed E-state index contributed by atoms with van der Waals surface area (Å²) in [5.41, 5.74) is 12.9. The number of ether oxygens (including phenoxy) is 1. The molecule has 0 saturated heterocycles. The van der Waals surface area contributed by atoms with Crippen LogP contribution in [0.4, 0.5) is 5.95 Å². The number of amides is 1. The summed E-state index contributed by atoms with van der Waals surface area (Å²) >= 11 is 0. The standard InChI is InChI=1S/C15H22N4O2/c1-2-10-21-12-7-5-6-11-14(12)18-15(17)19(11)9-4-3-8-13(16)20/h5-7H,2-4,8-10H2,1H3,(H2,16,20)(H2,17,18). The van der Waals surface area contributed by atoms with Gasteiger partial charge in [-0.3, -0.25) is 4.79 Å². The van der Waals surface area contributed by atoms with Crippen molar-refractivity contribution in [1.82, 2.24) is 9.55 Å². The van der Waals surface area contributed by atoms with Crippen LogP contribution < -0.4 is 16.2 Å². The maximum Gasteiger partial charge on any atom is 0.217 e. The lowest BCUT2D eigenvalue weighted by molar-refractivity contribution is -0.118. The number of rotatable bonds is 8. The quantitative estimate of drug-likeness (QED) is 0.727. The lowest BCUT2D eigenvalue weighted by Crippen LogP contribution is -2.10. The number of carbonyl (C=O) groups is 1. The largest absolute Gasteiger partial charge is 0.491 e. The van der Waals surface area contributed by atoms with Gasteiger partial charge in [0.15, 0.2) is 0 Å². The van der Waals surface area contributed by atoms with Crippen LogP contribution in [0.15, 0.2) is 18.2 Å². The highest BCUT2D eigenvalue weighted by molar-refractivity contribution is 5.84. The van der Waals surface area contributed by atoms with Gasteiger partial charge in [0, 0.05) is 13.0 Å². The number of aryl methyl sites for hydroxylation is 1. The Morgan fingerprint density at radius 3 is 2.90 bits per heavy atom. The van der Waals surface area contributed by atoms with E-state index in [4.69, 9.17) is 16.2 Å². The molecule has 6 heteroatoms. The van der Waals surface area contributed by atoms with Gasteiger partial charge < -0.3 is 20.8 Å². The van der Waals surface area contributed by atoms with Gasteiger partial charge >= 0.3 is 0 Å². The highest BCUT2D eigenvalue weighted by atomic mass is 16.5. The number of para-hydroxylation sites is 1. The second-order valence-electron chi connectivity index (χ2n) is 5.02. The van der Waals surface area contributed by atoms with E-state index < -0.39 is 0 Å². The number of hydrogen-bond acceptors (Lipinski definition) is 4. The first kappa shape index (κ1) is 15.2. The van der Waals surface area contributed by atoms with Gasteiger partial charge in [0.25, 0.3) is 0 Å². The molecule has 0 fully saturated rings. The lowest BCUT2D eigenvalue weighted by atomic mass is 10.2. The zero-order valence-electron chi connectivity index (χ0n) is 12.3. The molecule has 0 atom stereocenters. The van der Waals surface area contributed by atoms with E-state index in [2.05, 4.69) is 11.9 Å². The maximum absolute atomic E-state index is 10.7. The first-order chi connectivity index (χ1) is 10.1. The summed E-state index contributed by atoms with van der Waals surface area (Å²) in [6.45, 7) is 3.43. The molecule has 1 amide bonds. The molecule has 0 bridgehead atoms. The third kappa shape index (κ3) is 3.65. The van der Waals surface area contributed by atoms with Gasteiger partial charge in [0.1, 0.15) is 11.3 Å². The lowest BCUT2D eigenvalue weighted by Gasteiger charge is -2.07. The van der Waals surface area contributed by atoms with Crippen molar-refractivity contribution in [2.24, 2.45) is 5.73 Å². The van der Waals surface area contributed by atoms with Gasteiger partial charge in [-0.25, -0.2) is 4.98 Å². The summed E-state index contributed by atoms with van der Waals surface area (Å²) in [6, 6.07) is 5.82. The fourth-order valence-electron chi connectivity index (χ4n) is 2.27. The van der Waals surface area contributed by atoms with Crippen molar-refractivity contribution in [2.45, 2.75) is 39.2 Å². The van der Waals surface area contributed by atoms with Crippen LogP contribution in [0.25, 0.3) is 11.0 Å². The summed E-state index contributed by atoms with van der Waals surface area (Å²) in [6.07, 6.45) is 2.93. The Balaban J connectivity index is 2.16. The molecule has 1 aromatic carbocycles. The van der Waals surface area contributed by atoms with Crippen LogP contribution in [0.5, 0.6) is 5.75 Å². The molecule has 21 heavy (non-hydrogen) atoms. The normalized spacial score (nSPS) is 10.9. The van der Waals surface area contributed by atoms with Gasteiger partial charge in [-0.2, -0.15) is 0 Å². The summed E-state index contributed by atoms with van der Waals surface area (Å²) in [7, 11) is 0. The number of anilines is 1. The van der Waals surface area contributed by atoms with Gasteiger partial charge in [-0.15, -0.1) is 0 Å². The van der Waals surface area contributed by atoms with E-state index in [1.807, 2.05) is 22.8 Å². The Kier molecular flexibility index (Phi) is 5.03. The Morgan fingerprint density at radius 2 is 2.19 bits per heavy atom. The first-order valence-electron chi connectivity index (χ1n) is 7.29. The van der Waals surface area contributed by atoms with E-state index in [1.54, 1.807) is 0 Å². The van der Waals surface area contributed by atoms with Crippen molar-refractivity contribution in [1.29, 1.82) is 0 Å². The minimum atomic E-state index is -0.270. The van der Waals surface area contributed by atoms with Gasteiger partial charge in [-0.05, 0) is 31.4 Å². The van der Waals surface area contributed by atoms with E-state index in [-0.39, 0.29) is 5.91 Å². The molecule has 2 aromatic rings. The molecular formula is C15H22N4O2. The molecule has 0 unspecified atom stereocenters. The van der Waals surface area contributed by atoms with E-state index in [0.717, 1.165) is 36.0 Å². The van der Waals surface area contributed by atoms with Crippen molar-refractivity contribution in [2.75, 3.05) is 12.3 Å². The SMILES string of the molecule is CCCOc1cccc2c1nc(N)n2CCCCC(N)=O. The van der Waals surface area contributed by atoms with E-state index in [0.29, 0.717) is 25.5 Å². The number of nitrogen functional groups attached to an aromatic ring is 1. The molecule has 0 aliphatic rings. The third-order valence-electron chi connectivity index (χ3n) is 3.29. The number of fused-ring (bicyclic) bond motifs is 1. The molecule has 1 heterocycles. The van der Waals surface area contributed by atoms with Crippen LogP contribution in [0.3, 0.4) is 0 Å². The van der Waals surface area contributed by atoms with Crippen LogP contribution >= 0.6 is 0 Å². The van der Waals surface area contributed by atoms with Gasteiger partial charge in [0.2, 0.25) is 11.9 Å². The molecule has 114 valence electrons.